The highest BCUT2D eigenvalue weighted by molar-refractivity contribution is 5.32. The van der Waals surface area contributed by atoms with Gasteiger partial charge in [-0.15, -0.1) is 0 Å². The van der Waals surface area contributed by atoms with Crippen LogP contribution in [0.2, 0.25) is 0 Å². The number of hydrogen-bond acceptors (Lipinski definition) is 3. The molecule has 0 aliphatic carbocycles. The lowest BCUT2D eigenvalue weighted by molar-refractivity contribution is -0.0229. The van der Waals surface area contributed by atoms with E-state index in [0.29, 0.717) is 6.04 Å². The Labute approximate surface area is 123 Å². The zero-order valence-corrected chi connectivity index (χ0v) is 13.5. The molecule has 1 heterocycles. The van der Waals surface area contributed by atoms with Crippen LogP contribution in [0.4, 0.5) is 0 Å². The predicted molar refractivity (Wildman–Crippen MR) is 84.2 cm³/mol. The third-order valence-electron chi connectivity index (χ3n) is 4.40. The monoisotopic (exact) mass is 276 g/mol. The van der Waals surface area contributed by atoms with Crippen LogP contribution in [0.1, 0.15) is 36.6 Å². The number of rotatable bonds is 4. The van der Waals surface area contributed by atoms with E-state index in [-0.39, 0.29) is 5.54 Å². The molecule has 0 saturated carbocycles. The molecule has 1 aliphatic heterocycles. The van der Waals surface area contributed by atoms with E-state index in [1.807, 2.05) is 0 Å². The average Bonchev–Trinajstić information content (AvgIpc) is 2.39. The summed E-state index contributed by atoms with van der Waals surface area (Å²) in [7, 11) is 2.06. The van der Waals surface area contributed by atoms with Crippen molar-refractivity contribution < 1.29 is 4.74 Å². The number of nitrogens with zero attached hydrogens (tertiary/aromatic N) is 1. The van der Waals surface area contributed by atoms with Crippen molar-refractivity contribution in [2.24, 2.45) is 0 Å². The zero-order chi connectivity index (χ0) is 14.8. The fraction of sp³-hybridized carbons (Fsp3) is 0.647. The van der Waals surface area contributed by atoms with Gasteiger partial charge in [-0.2, -0.15) is 0 Å². The van der Waals surface area contributed by atoms with Crippen LogP contribution in [0.25, 0.3) is 0 Å². The quantitative estimate of drug-likeness (QED) is 0.915. The second-order valence-corrected chi connectivity index (χ2v) is 6.40. The predicted octanol–water partition coefficient (Wildman–Crippen LogP) is 2.67. The maximum atomic E-state index is 5.49. The summed E-state index contributed by atoms with van der Waals surface area (Å²) in [4.78, 5) is 2.54. The molecule has 1 saturated heterocycles. The van der Waals surface area contributed by atoms with Gasteiger partial charge in [0, 0.05) is 24.7 Å². The summed E-state index contributed by atoms with van der Waals surface area (Å²) < 4.78 is 5.49. The maximum Gasteiger partial charge on any atom is 0.0594 e. The molecule has 1 unspecified atom stereocenters. The smallest absolute Gasteiger partial charge is 0.0594 e. The number of likely N-dealkylation sites (N-methyl/N-ethyl adjacent to an activating group) is 1. The van der Waals surface area contributed by atoms with E-state index < -0.39 is 0 Å². The standard InChI is InChI=1S/C17H28N2O/c1-13-10-14(2)12-15(11-13)16(18-5)17(3,4)19-6-8-20-9-7-19/h10-12,16,18H,6-9H2,1-5H3. The number of nitrogens with one attached hydrogen (secondary N) is 1. The molecular formula is C17H28N2O. The van der Waals surface area contributed by atoms with Gasteiger partial charge in [-0.1, -0.05) is 29.3 Å². The SMILES string of the molecule is CNC(c1cc(C)cc(C)c1)C(C)(C)N1CCOCC1. The van der Waals surface area contributed by atoms with E-state index in [0.717, 1.165) is 26.3 Å². The van der Waals surface area contributed by atoms with Crippen LogP contribution >= 0.6 is 0 Å². The molecule has 20 heavy (non-hydrogen) atoms. The second-order valence-electron chi connectivity index (χ2n) is 6.40. The second kappa shape index (κ2) is 6.25. The lowest BCUT2D eigenvalue weighted by atomic mass is 9.85. The first-order valence-electron chi connectivity index (χ1n) is 7.53. The summed E-state index contributed by atoms with van der Waals surface area (Å²) >= 11 is 0. The Morgan fingerprint density at radius 3 is 2.15 bits per heavy atom. The van der Waals surface area contributed by atoms with Crippen molar-refractivity contribution in [1.29, 1.82) is 0 Å². The largest absolute Gasteiger partial charge is 0.379 e. The van der Waals surface area contributed by atoms with Crippen molar-refractivity contribution in [3.63, 3.8) is 0 Å². The summed E-state index contributed by atoms with van der Waals surface area (Å²) in [5, 5.41) is 3.53. The molecule has 1 aromatic rings. The molecule has 2 rings (SSSR count). The van der Waals surface area contributed by atoms with Gasteiger partial charge in [-0.05, 0) is 40.3 Å². The highest BCUT2D eigenvalue weighted by atomic mass is 16.5. The summed E-state index contributed by atoms with van der Waals surface area (Å²) in [5.41, 5.74) is 4.11. The third-order valence-corrected chi connectivity index (χ3v) is 4.40. The fourth-order valence-electron chi connectivity index (χ4n) is 3.43. The molecule has 0 aromatic heterocycles. The van der Waals surface area contributed by atoms with Crippen LogP contribution in [0.15, 0.2) is 18.2 Å². The van der Waals surface area contributed by atoms with Crippen LogP contribution in [-0.2, 0) is 4.74 Å². The van der Waals surface area contributed by atoms with Crippen molar-refractivity contribution in [1.82, 2.24) is 10.2 Å². The molecule has 1 fully saturated rings. The Kier molecular flexibility index (Phi) is 4.84. The Bertz CT molecular complexity index is 430. The van der Waals surface area contributed by atoms with Gasteiger partial charge < -0.3 is 10.1 Å². The van der Waals surface area contributed by atoms with Gasteiger partial charge in [0.2, 0.25) is 0 Å². The summed E-state index contributed by atoms with van der Waals surface area (Å²) in [6.45, 7) is 12.7. The van der Waals surface area contributed by atoms with Gasteiger partial charge in [0.15, 0.2) is 0 Å². The fourth-order valence-corrected chi connectivity index (χ4v) is 3.43. The maximum absolute atomic E-state index is 5.49. The van der Waals surface area contributed by atoms with E-state index in [2.05, 4.69) is 63.2 Å². The normalized spacial score (nSPS) is 19.1. The Balaban J connectivity index is 2.29. The summed E-state index contributed by atoms with van der Waals surface area (Å²) in [6, 6.07) is 7.16. The minimum Gasteiger partial charge on any atom is -0.379 e. The van der Waals surface area contributed by atoms with Gasteiger partial charge in [0.1, 0.15) is 0 Å². The van der Waals surface area contributed by atoms with Gasteiger partial charge in [0.25, 0.3) is 0 Å². The van der Waals surface area contributed by atoms with Gasteiger partial charge in [-0.25, -0.2) is 0 Å². The van der Waals surface area contributed by atoms with Crippen LogP contribution in [0, 0.1) is 13.8 Å². The number of morpholine rings is 1. The lowest BCUT2D eigenvalue weighted by Gasteiger charge is -2.46. The van der Waals surface area contributed by atoms with Crippen LogP contribution in [0.5, 0.6) is 0 Å². The Hall–Kier alpha value is -0.900. The van der Waals surface area contributed by atoms with E-state index in [4.69, 9.17) is 4.74 Å². The Morgan fingerprint density at radius 1 is 1.10 bits per heavy atom. The average molecular weight is 276 g/mol. The highest BCUT2D eigenvalue weighted by Crippen LogP contribution is 2.32. The third kappa shape index (κ3) is 3.22. The molecule has 0 amide bonds. The molecule has 1 aromatic carbocycles. The van der Waals surface area contributed by atoms with Crippen molar-refractivity contribution in [3.05, 3.63) is 34.9 Å². The molecule has 0 spiro atoms. The van der Waals surface area contributed by atoms with Crippen molar-refractivity contribution in [3.8, 4) is 0 Å². The topological polar surface area (TPSA) is 24.5 Å². The number of aryl methyl sites for hydroxylation is 2. The molecule has 0 radical (unpaired) electrons. The first kappa shape index (κ1) is 15.5. The summed E-state index contributed by atoms with van der Waals surface area (Å²) in [5.74, 6) is 0. The Morgan fingerprint density at radius 2 is 1.65 bits per heavy atom. The lowest BCUT2D eigenvalue weighted by Crippen LogP contribution is -2.55. The first-order valence-corrected chi connectivity index (χ1v) is 7.53. The van der Waals surface area contributed by atoms with E-state index >= 15 is 0 Å². The number of ether oxygens (including phenoxy) is 1. The molecule has 0 bridgehead atoms. The molecule has 112 valence electrons. The minimum absolute atomic E-state index is 0.0682. The van der Waals surface area contributed by atoms with Gasteiger partial charge >= 0.3 is 0 Å². The number of benzene rings is 1. The van der Waals surface area contributed by atoms with E-state index in [1.165, 1.54) is 16.7 Å². The molecule has 1 N–H and O–H groups in total. The van der Waals surface area contributed by atoms with Crippen LogP contribution in [-0.4, -0.2) is 43.8 Å². The van der Waals surface area contributed by atoms with Crippen molar-refractivity contribution >= 4 is 0 Å². The highest BCUT2D eigenvalue weighted by Gasteiger charge is 2.36. The first-order chi connectivity index (χ1) is 9.45. The van der Waals surface area contributed by atoms with Gasteiger partial charge in [-0.3, -0.25) is 4.90 Å². The van der Waals surface area contributed by atoms with Gasteiger partial charge in [0.05, 0.1) is 13.2 Å². The van der Waals surface area contributed by atoms with Crippen molar-refractivity contribution in [2.75, 3.05) is 33.4 Å². The molecular weight excluding hydrogens is 248 g/mol. The van der Waals surface area contributed by atoms with Crippen LogP contribution < -0.4 is 5.32 Å². The molecule has 1 aliphatic rings. The van der Waals surface area contributed by atoms with Crippen LogP contribution in [0.3, 0.4) is 0 Å². The zero-order valence-electron chi connectivity index (χ0n) is 13.5. The number of hydrogen-bond donors (Lipinski definition) is 1. The molecule has 1 atom stereocenters. The van der Waals surface area contributed by atoms with E-state index in [1.54, 1.807) is 0 Å². The van der Waals surface area contributed by atoms with Crippen molar-refractivity contribution in [2.45, 2.75) is 39.3 Å². The minimum atomic E-state index is 0.0682. The van der Waals surface area contributed by atoms with E-state index in [9.17, 15) is 0 Å². The molecule has 3 nitrogen and oxygen atoms in total. The summed E-state index contributed by atoms with van der Waals surface area (Å²) in [6.07, 6.45) is 0. The molecule has 3 heteroatoms.